The van der Waals surface area contributed by atoms with Gasteiger partial charge in [0.25, 0.3) is 0 Å². The van der Waals surface area contributed by atoms with Crippen molar-refractivity contribution in [1.29, 1.82) is 0 Å². The third-order valence-corrected chi connectivity index (χ3v) is 6.10. The lowest BCUT2D eigenvalue weighted by molar-refractivity contribution is -0.139. The van der Waals surface area contributed by atoms with Crippen molar-refractivity contribution in [2.45, 2.75) is 42.8 Å². The van der Waals surface area contributed by atoms with E-state index in [4.69, 9.17) is 10.9 Å². The Labute approximate surface area is 176 Å². The Hall–Kier alpha value is -2.75. The highest BCUT2D eigenvalue weighted by atomic mass is 32.2. The Kier molecular flexibility index (Phi) is 6.86. The molecule has 9 heteroatoms. The molecule has 0 bridgehead atoms. The van der Waals surface area contributed by atoms with Gasteiger partial charge in [0.15, 0.2) is 0 Å². The number of amides is 2. The molecule has 1 heterocycles. The number of likely N-dealkylation sites (tertiary alicyclic amines) is 1. The van der Waals surface area contributed by atoms with Crippen LogP contribution < -0.4 is 16.2 Å². The van der Waals surface area contributed by atoms with E-state index in [0.717, 1.165) is 17.5 Å². The molecule has 2 aromatic carbocycles. The second-order valence-electron chi connectivity index (χ2n) is 7.39. The maximum atomic E-state index is 12.8. The smallest absolute Gasteiger partial charge is 0.243 e. The van der Waals surface area contributed by atoms with Crippen LogP contribution in [0.15, 0.2) is 59.5 Å². The van der Waals surface area contributed by atoms with Gasteiger partial charge in [-0.2, -0.15) is 0 Å². The van der Waals surface area contributed by atoms with Gasteiger partial charge < -0.3 is 16.0 Å². The summed E-state index contributed by atoms with van der Waals surface area (Å²) in [5.41, 5.74) is 7.83. The number of carbonyl (C=O) groups is 2. The molecule has 0 saturated carbocycles. The minimum atomic E-state index is -3.75. The maximum Gasteiger partial charge on any atom is 0.243 e. The number of carbonyl (C=O) groups excluding carboxylic acids is 2. The zero-order chi connectivity index (χ0) is 21.7. The van der Waals surface area contributed by atoms with E-state index in [9.17, 15) is 18.0 Å². The van der Waals surface area contributed by atoms with Crippen molar-refractivity contribution in [3.63, 3.8) is 0 Å². The third-order valence-electron chi connectivity index (χ3n) is 5.17. The second kappa shape index (κ2) is 9.38. The van der Waals surface area contributed by atoms with Gasteiger partial charge in [-0.15, -0.1) is 0 Å². The quantitative estimate of drug-likeness (QED) is 0.588. The predicted molar refractivity (Wildman–Crippen MR) is 113 cm³/mol. The molecule has 2 amide bonds. The SMILES string of the molecule is NC(Cc1ccccc1)C(=O)N1CCCC1C(=O)NCc1ccc(S(N)(=O)=O)cc1. The van der Waals surface area contributed by atoms with Crippen LogP contribution in [0.2, 0.25) is 0 Å². The first-order valence-corrected chi connectivity index (χ1v) is 11.3. The molecule has 3 rings (SSSR count). The summed E-state index contributed by atoms with van der Waals surface area (Å²) in [6.45, 7) is 0.723. The van der Waals surface area contributed by atoms with Gasteiger partial charge in [-0.25, -0.2) is 13.6 Å². The molecule has 1 aliphatic heterocycles. The van der Waals surface area contributed by atoms with Gasteiger partial charge in [-0.1, -0.05) is 42.5 Å². The van der Waals surface area contributed by atoms with Crippen molar-refractivity contribution < 1.29 is 18.0 Å². The number of sulfonamides is 1. The van der Waals surface area contributed by atoms with E-state index >= 15 is 0 Å². The Morgan fingerprint density at radius 3 is 2.37 bits per heavy atom. The van der Waals surface area contributed by atoms with Crippen LogP contribution in [-0.4, -0.2) is 43.8 Å². The van der Waals surface area contributed by atoms with Crippen LogP contribution in [0.25, 0.3) is 0 Å². The highest BCUT2D eigenvalue weighted by Gasteiger charge is 2.35. The molecule has 2 aromatic rings. The van der Waals surface area contributed by atoms with E-state index in [2.05, 4.69) is 5.32 Å². The molecule has 5 N–H and O–H groups in total. The largest absolute Gasteiger partial charge is 0.350 e. The third kappa shape index (κ3) is 5.44. The van der Waals surface area contributed by atoms with Crippen molar-refractivity contribution >= 4 is 21.8 Å². The van der Waals surface area contributed by atoms with Crippen LogP contribution in [0, 0.1) is 0 Å². The highest BCUT2D eigenvalue weighted by Crippen LogP contribution is 2.19. The zero-order valence-electron chi connectivity index (χ0n) is 16.5. The van der Waals surface area contributed by atoms with Gasteiger partial charge in [0, 0.05) is 13.1 Å². The number of hydrogen-bond acceptors (Lipinski definition) is 5. The zero-order valence-corrected chi connectivity index (χ0v) is 17.3. The first-order chi connectivity index (χ1) is 14.3. The minimum absolute atomic E-state index is 0.0116. The maximum absolute atomic E-state index is 12.8. The molecule has 2 atom stereocenters. The van der Waals surface area contributed by atoms with Crippen molar-refractivity contribution in [3.8, 4) is 0 Å². The lowest BCUT2D eigenvalue weighted by Crippen LogP contribution is -2.51. The Morgan fingerprint density at radius 2 is 1.73 bits per heavy atom. The van der Waals surface area contributed by atoms with Gasteiger partial charge in [-0.05, 0) is 42.5 Å². The van der Waals surface area contributed by atoms with E-state index in [0.29, 0.717) is 19.4 Å². The highest BCUT2D eigenvalue weighted by molar-refractivity contribution is 7.89. The molecule has 8 nitrogen and oxygen atoms in total. The summed E-state index contributed by atoms with van der Waals surface area (Å²) in [6.07, 6.45) is 1.74. The second-order valence-corrected chi connectivity index (χ2v) is 8.95. The van der Waals surface area contributed by atoms with Crippen LogP contribution in [0.4, 0.5) is 0 Å². The van der Waals surface area contributed by atoms with Crippen molar-refractivity contribution in [2.24, 2.45) is 10.9 Å². The predicted octanol–water partition coefficient (Wildman–Crippen LogP) is 0.511. The molecule has 30 heavy (non-hydrogen) atoms. The first kappa shape index (κ1) is 21.9. The van der Waals surface area contributed by atoms with Crippen LogP contribution in [-0.2, 0) is 32.6 Å². The van der Waals surface area contributed by atoms with Crippen molar-refractivity contribution in [3.05, 3.63) is 65.7 Å². The number of hydrogen-bond donors (Lipinski definition) is 3. The topological polar surface area (TPSA) is 136 Å². The fourth-order valence-electron chi connectivity index (χ4n) is 3.58. The van der Waals surface area contributed by atoms with Crippen LogP contribution in [0.1, 0.15) is 24.0 Å². The van der Waals surface area contributed by atoms with Crippen LogP contribution >= 0.6 is 0 Å². The lowest BCUT2D eigenvalue weighted by Gasteiger charge is -2.26. The average Bonchev–Trinajstić information content (AvgIpc) is 3.21. The number of nitrogens with one attached hydrogen (secondary N) is 1. The lowest BCUT2D eigenvalue weighted by atomic mass is 10.1. The summed E-state index contributed by atoms with van der Waals surface area (Å²) in [7, 11) is -3.75. The first-order valence-electron chi connectivity index (χ1n) is 9.75. The summed E-state index contributed by atoms with van der Waals surface area (Å²) in [6, 6.07) is 14.2. The van der Waals surface area contributed by atoms with Gasteiger partial charge in [-0.3, -0.25) is 9.59 Å². The van der Waals surface area contributed by atoms with Gasteiger partial charge >= 0.3 is 0 Å². The normalized spacial score (nSPS) is 17.5. The summed E-state index contributed by atoms with van der Waals surface area (Å²) >= 11 is 0. The molecule has 2 unspecified atom stereocenters. The van der Waals surface area contributed by atoms with Crippen LogP contribution in [0.5, 0.6) is 0 Å². The summed E-state index contributed by atoms with van der Waals surface area (Å²) < 4.78 is 22.6. The molecule has 0 aliphatic carbocycles. The Bertz CT molecular complexity index is 993. The Morgan fingerprint density at radius 1 is 1.07 bits per heavy atom. The van der Waals surface area contributed by atoms with Crippen molar-refractivity contribution in [1.82, 2.24) is 10.2 Å². The van der Waals surface area contributed by atoms with E-state index in [1.807, 2.05) is 30.3 Å². The van der Waals surface area contributed by atoms with E-state index in [1.165, 1.54) is 12.1 Å². The van der Waals surface area contributed by atoms with E-state index < -0.39 is 22.1 Å². The fraction of sp³-hybridized carbons (Fsp3) is 0.333. The summed E-state index contributed by atoms with van der Waals surface area (Å²) in [4.78, 5) is 27.1. The molecule has 0 radical (unpaired) electrons. The van der Waals surface area contributed by atoms with E-state index in [1.54, 1.807) is 17.0 Å². The fourth-order valence-corrected chi connectivity index (χ4v) is 4.09. The van der Waals surface area contributed by atoms with Gasteiger partial charge in [0.05, 0.1) is 10.9 Å². The van der Waals surface area contributed by atoms with E-state index in [-0.39, 0.29) is 23.3 Å². The molecule has 1 fully saturated rings. The average molecular weight is 431 g/mol. The number of rotatable bonds is 7. The molecule has 1 aliphatic rings. The minimum Gasteiger partial charge on any atom is -0.350 e. The summed E-state index contributed by atoms with van der Waals surface area (Å²) in [5, 5.41) is 7.90. The molecular weight excluding hydrogens is 404 g/mol. The van der Waals surface area contributed by atoms with Crippen LogP contribution in [0.3, 0.4) is 0 Å². The van der Waals surface area contributed by atoms with Crippen molar-refractivity contribution in [2.75, 3.05) is 6.54 Å². The van der Waals surface area contributed by atoms with Gasteiger partial charge in [0.2, 0.25) is 21.8 Å². The monoisotopic (exact) mass is 430 g/mol. The number of primary sulfonamides is 1. The molecule has 1 saturated heterocycles. The molecule has 160 valence electrons. The summed E-state index contributed by atoms with van der Waals surface area (Å²) in [5.74, 6) is -0.475. The number of nitrogens with two attached hydrogens (primary N) is 2. The van der Waals surface area contributed by atoms with Gasteiger partial charge in [0.1, 0.15) is 6.04 Å². The number of benzene rings is 2. The Balaban J connectivity index is 1.57. The number of nitrogens with zero attached hydrogens (tertiary/aromatic N) is 1. The standard InChI is InChI=1S/C21H26N4O4S/c22-18(13-15-5-2-1-3-6-15)21(27)25-12-4-7-19(25)20(26)24-14-16-8-10-17(11-9-16)30(23,28)29/h1-3,5-6,8-11,18-19H,4,7,12-14,22H2,(H,24,26)(H2,23,28,29). The molecular formula is C21H26N4O4S. The molecule has 0 aromatic heterocycles. The molecule has 0 spiro atoms.